The highest BCUT2D eigenvalue weighted by molar-refractivity contribution is 5.72. The quantitative estimate of drug-likeness (QED) is 0.347. The van der Waals surface area contributed by atoms with Crippen LogP contribution in [0.3, 0.4) is 0 Å². The monoisotopic (exact) mass is 320 g/mol. The molecule has 1 unspecified atom stereocenters. The summed E-state index contributed by atoms with van der Waals surface area (Å²) in [6, 6.07) is 0. The molecule has 0 aliphatic carbocycles. The summed E-state index contributed by atoms with van der Waals surface area (Å²) in [5.41, 5.74) is 2.50. The zero-order valence-electron chi connectivity index (χ0n) is 14.7. The molecule has 0 aliphatic heterocycles. The van der Waals surface area contributed by atoms with Gasteiger partial charge in [0, 0.05) is 12.8 Å². The molecule has 0 aromatic rings. The van der Waals surface area contributed by atoms with Crippen molar-refractivity contribution in [3.63, 3.8) is 0 Å². The summed E-state index contributed by atoms with van der Waals surface area (Å²) in [5, 5.41) is 0. The molecule has 0 heterocycles. The summed E-state index contributed by atoms with van der Waals surface area (Å²) in [4.78, 5) is 22.9. The maximum absolute atomic E-state index is 11.5. The fourth-order valence-corrected chi connectivity index (χ4v) is 1.71. The van der Waals surface area contributed by atoms with Crippen LogP contribution in [-0.4, -0.2) is 24.6 Å². The van der Waals surface area contributed by atoms with Gasteiger partial charge in [0.15, 0.2) is 6.10 Å². The molecule has 0 rings (SSSR count). The van der Waals surface area contributed by atoms with E-state index in [0.717, 1.165) is 12.8 Å². The van der Waals surface area contributed by atoms with Crippen LogP contribution < -0.4 is 0 Å². The second-order valence-corrected chi connectivity index (χ2v) is 5.71. The second-order valence-electron chi connectivity index (χ2n) is 5.71. The smallest absolute Gasteiger partial charge is 0.307 e. The fourth-order valence-electron chi connectivity index (χ4n) is 1.71. The van der Waals surface area contributed by atoms with Gasteiger partial charge in [-0.1, -0.05) is 23.1 Å². The molecule has 0 bridgehead atoms. The van der Waals surface area contributed by atoms with Crippen molar-refractivity contribution >= 4 is 11.9 Å². The van der Waals surface area contributed by atoms with Crippen LogP contribution in [0.1, 0.15) is 59.8 Å². The van der Waals surface area contributed by atoms with E-state index in [1.807, 2.05) is 13.0 Å². The largest absolute Gasteiger partial charge is 0.461 e. The second kappa shape index (κ2) is 12.5. The van der Waals surface area contributed by atoms with Gasteiger partial charge >= 0.3 is 11.9 Å². The first-order chi connectivity index (χ1) is 10.8. The van der Waals surface area contributed by atoms with Crippen LogP contribution in [0.25, 0.3) is 0 Å². The van der Waals surface area contributed by atoms with Gasteiger partial charge in [-0.25, -0.2) is 0 Å². The number of terminal acetylenes is 1. The van der Waals surface area contributed by atoms with Gasteiger partial charge < -0.3 is 9.47 Å². The first-order valence-corrected chi connectivity index (χ1v) is 7.95. The molecular weight excluding hydrogens is 292 g/mol. The van der Waals surface area contributed by atoms with Crippen LogP contribution in [0.4, 0.5) is 0 Å². The van der Waals surface area contributed by atoms with E-state index in [1.54, 1.807) is 6.92 Å². The molecule has 0 aromatic heterocycles. The van der Waals surface area contributed by atoms with E-state index >= 15 is 0 Å². The minimum Gasteiger partial charge on any atom is -0.461 e. The molecular formula is C19H28O4. The van der Waals surface area contributed by atoms with Crippen LogP contribution in [-0.2, 0) is 19.1 Å². The Morgan fingerprint density at radius 2 is 1.74 bits per heavy atom. The van der Waals surface area contributed by atoms with Gasteiger partial charge in [0.2, 0.25) is 0 Å². The first kappa shape index (κ1) is 21.0. The number of hydrogen-bond acceptors (Lipinski definition) is 4. The number of esters is 2. The molecule has 0 saturated carbocycles. The third-order valence-corrected chi connectivity index (χ3v) is 3.07. The Kier molecular flexibility index (Phi) is 11.4. The van der Waals surface area contributed by atoms with E-state index in [4.69, 9.17) is 15.9 Å². The van der Waals surface area contributed by atoms with Gasteiger partial charge in [0.1, 0.15) is 6.61 Å². The highest BCUT2D eigenvalue weighted by Crippen LogP contribution is 2.07. The first-order valence-electron chi connectivity index (χ1n) is 7.95. The Labute approximate surface area is 139 Å². The van der Waals surface area contributed by atoms with E-state index in [9.17, 15) is 9.59 Å². The van der Waals surface area contributed by atoms with Gasteiger partial charge in [-0.05, 0) is 53.0 Å². The SMILES string of the molecule is C#CC(C)OC(=O)CCCC(=O)OC/C=C(/C)CCC=C(C)C. The molecule has 1 atom stereocenters. The zero-order chi connectivity index (χ0) is 17.7. The third-order valence-electron chi connectivity index (χ3n) is 3.07. The summed E-state index contributed by atoms with van der Waals surface area (Å²) < 4.78 is 10.0. The van der Waals surface area contributed by atoms with Crippen molar-refractivity contribution in [3.8, 4) is 12.3 Å². The van der Waals surface area contributed by atoms with Gasteiger partial charge in [0.25, 0.3) is 0 Å². The van der Waals surface area contributed by atoms with E-state index < -0.39 is 12.1 Å². The third kappa shape index (κ3) is 13.4. The maximum atomic E-state index is 11.5. The van der Waals surface area contributed by atoms with Crippen LogP contribution in [0.5, 0.6) is 0 Å². The molecule has 4 heteroatoms. The van der Waals surface area contributed by atoms with E-state index in [0.29, 0.717) is 6.42 Å². The zero-order valence-corrected chi connectivity index (χ0v) is 14.7. The number of allylic oxidation sites excluding steroid dienone is 3. The van der Waals surface area contributed by atoms with Crippen molar-refractivity contribution < 1.29 is 19.1 Å². The minimum atomic E-state index is -0.533. The molecule has 128 valence electrons. The lowest BCUT2D eigenvalue weighted by atomic mass is 10.1. The minimum absolute atomic E-state index is 0.165. The average molecular weight is 320 g/mol. The highest BCUT2D eigenvalue weighted by Gasteiger charge is 2.09. The summed E-state index contributed by atoms with van der Waals surface area (Å²) in [6.07, 6.45) is 11.4. The maximum Gasteiger partial charge on any atom is 0.307 e. The molecule has 0 aromatic carbocycles. The molecule has 0 aliphatic rings. The molecule has 0 amide bonds. The van der Waals surface area contributed by atoms with E-state index in [2.05, 4.69) is 25.8 Å². The van der Waals surface area contributed by atoms with Gasteiger partial charge in [0.05, 0.1) is 0 Å². The van der Waals surface area contributed by atoms with Gasteiger partial charge in [-0.2, -0.15) is 0 Å². The Bertz CT molecular complexity index is 476. The van der Waals surface area contributed by atoms with Crippen LogP contribution in [0.2, 0.25) is 0 Å². The Morgan fingerprint density at radius 3 is 2.35 bits per heavy atom. The fraction of sp³-hybridized carbons (Fsp3) is 0.579. The number of carbonyl (C=O) groups excluding carboxylic acids is 2. The summed E-state index contributed by atoms with van der Waals surface area (Å²) in [6.45, 7) is 8.07. The Morgan fingerprint density at radius 1 is 1.09 bits per heavy atom. The molecule has 0 fully saturated rings. The van der Waals surface area contributed by atoms with Crippen molar-refractivity contribution in [2.24, 2.45) is 0 Å². The normalized spacial score (nSPS) is 12.0. The lowest BCUT2D eigenvalue weighted by Gasteiger charge is -2.07. The lowest BCUT2D eigenvalue weighted by molar-refractivity contribution is -0.146. The van der Waals surface area contributed by atoms with Crippen LogP contribution in [0, 0.1) is 12.3 Å². The number of hydrogen-bond donors (Lipinski definition) is 0. The van der Waals surface area contributed by atoms with Gasteiger partial charge in [-0.15, -0.1) is 6.42 Å². The lowest BCUT2D eigenvalue weighted by Crippen LogP contribution is -2.13. The Hall–Kier alpha value is -2.02. The van der Waals surface area contributed by atoms with Crippen molar-refractivity contribution in [2.75, 3.05) is 6.61 Å². The molecule has 0 N–H and O–H groups in total. The van der Waals surface area contributed by atoms with Crippen LogP contribution >= 0.6 is 0 Å². The van der Waals surface area contributed by atoms with Crippen molar-refractivity contribution in [1.29, 1.82) is 0 Å². The predicted molar refractivity (Wildman–Crippen MR) is 91.6 cm³/mol. The summed E-state index contributed by atoms with van der Waals surface area (Å²) >= 11 is 0. The highest BCUT2D eigenvalue weighted by atomic mass is 16.5. The predicted octanol–water partition coefficient (Wildman–Crippen LogP) is 3.96. The summed E-state index contributed by atoms with van der Waals surface area (Å²) in [5.74, 6) is 1.61. The van der Waals surface area contributed by atoms with E-state index in [-0.39, 0.29) is 25.4 Å². The molecule has 0 radical (unpaired) electrons. The molecule has 4 nitrogen and oxygen atoms in total. The molecule has 23 heavy (non-hydrogen) atoms. The number of rotatable bonds is 10. The average Bonchev–Trinajstić information content (AvgIpc) is 2.46. The van der Waals surface area contributed by atoms with Crippen LogP contribution in [0.15, 0.2) is 23.3 Å². The number of carbonyl (C=O) groups is 2. The van der Waals surface area contributed by atoms with Crippen molar-refractivity contribution in [1.82, 2.24) is 0 Å². The van der Waals surface area contributed by atoms with Gasteiger partial charge in [-0.3, -0.25) is 9.59 Å². The standard InChI is InChI=1S/C19H28O4/c1-6-17(5)23-19(21)12-8-11-18(20)22-14-13-16(4)10-7-9-15(2)3/h1,9,13,17H,7-8,10-12,14H2,2-5H3/b16-13-. The topological polar surface area (TPSA) is 52.6 Å². The number of ether oxygens (including phenoxy) is 2. The van der Waals surface area contributed by atoms with Crippen molar-refractivity contribution in [3.05, 3.63) is 23.3 Å². The molecule has 0 saturated heterocycles. The summed E-state index contributed by atoms with van der Waals surface area (Å²) in [7, 11) is 0. The molecule has 0 spiro atoms. The Balaban J connectivity index is 3.81. The van der Waals surface area contributed by atoms with E-state index in [1.165, 1.54) is 11.1 Å². The van der Waals surface area contributed by atoms with Crippen molar-refractivity contribution in [2.45, 2.75) is 65.9 Å².